The van der Waals surface area contributed by atoms with Crippen LogP contribution in [0, 0.1) is 26.6 Å². The van der Waals surface area contributed by atoms with Crippen molar-refractivity contribution >= 4 is 11.6 Å². The number of halogens is 2. The summed E-state index contributed by atoms with van der Waals surface area (Å²) in [7, 11) is 0. The van der Waals surface area contributed by atoms with E-state index >= 15 is 0 Å². The van der Waals surface area contributed by atoms with Crippen molar-refractivity contribution in [2.45, 2.75) is 33.7 Å². The van der Waals surface area contributed by atoms with Gasteiger partial charge in [-0.3, -0.25) is 0 Å². The van der Waals surface area contributed by atoms with Crippen molar-refractivity contribution < 1.29 is 4.39 Å². The summed E-state index contributed by atoms with van der Waals surface area (Å²) in [5.41, 5.74) is 5.27. The molecule has 0 radical (unpaired) electrons. The van der Waals surface area contributed by atoms with Gasteiger partial charge in [0.2, 0.25) is 0 Å². The van der Waals surface area contributed by atoms with Crippen molar-refractivity contribution in [3.63, 3.8) is 0 Å². The van der Waals surface area contributed by atoms with E-state index in [1.54, 1.807) is 12.1 Å². The first-order valence-electron chi connectivity index (χ1n) is 7.20. The van der Waals surface area contributed by atoms with Gasteiger partial charge in [-0.1, -0.05) is 36.2 Å². The van der Waals surface area contributed by atoms with Gasteiger partial charge in [-0.05, 0) is 62.2 Å². The van der Waals surface area contributed by atoms with Crippen LogP contribution in [-0.4, -0.2) is 6.54 Å². The van der Waals surface area contributed by atoms with E-state index in [9.17, 15) is 4.39 Å². The zero-order chi connectivity index (χ0) is 15.6. The molecule has 1 nitrogen and oxygen atoms in total. The molecule has 112 valence electrons. The molecule has 1 unspecified atom stereocenters. The zero-order valence-corrected chi connectivity index (χ0v) is 13.7. The Balaban J connectivity index is 2.61. The Hall–Kier alpha value is -1.38. The number of hydrogen-bond acceptors (Lipinski definition) is 1. The van der Waals surface area contributed by atoms with E-state index in [4.69, 9.17) is 11.6 Å². The molecular weight excluding hydrogens is 285 g/mol. The van der Waals surface area contributed by atoms with Gasteiger partial charge in [0.1, 0.15) is 5.82 Å². The molecule has 0 spiro atoms. The van der Waals surface area contributed by atoms with Gasteiger partial charge in [0.05, 0.1) is 6.04 Å². The quantitative estimate of drug-likeness (QED) is 0.828. The molecule has 0 heterocycles. The van der Waals surface area contributed by atoms with Crippen molar-refractivity contribution in [1.29, 1.82) is 0 Å². The molecule has 0 aromatic heterocycles. The van der Waals surface area contributed by atoms with Crippen molar-refractivity contribution in [3.8, 4) is 0 Å². The summed E-state index contributed by atoms with van der Waals surface area (Å²) in [6.45, 7) is 8.99. The lowest BCUT2D eigenvalue weighted by Crippen LogP contribution is -2.24. The molecule has 0 aliphatic carbocycles. The third-order valence-corrected chi connectivity index (χ3v) is 3.94. The molecule has 1 atom stereocenters. The summed E-state index contributed by atoms with van der Waals surface area (Å²) < 4.78 is 14.3. The molecule has 0 fully saturated rings. The Kier molecular flexibility index (Phi) is 5.02. The fourth-order valence-electron chi connectivity index (χ4n) is 2.95. The van der Waals surface area contributed by atoms with Gasteiger partial charge in [0.15, 0.2) is 0 Å². The third-order valence-electron chi connectivity index (χ3n) is 3.70. The van der Waals surface area contributed by atoms with Crippen LogP contribution in [0.5, 0.6) is 0 Å². The van der Waals surface area contributed by atoms with Crippen LogP contribution in [0.4, 0.5) is 4.39 Å². The predicted octanol–water partition coefficient (Wildman–Crippen LogP) is 5.10. The van der Waals surface area contributed by atoms with E-state index in [0.29, 0.717) is 10.6 Å². The minimum absolute atomic E-state index is 0.186. The first-order chi connectivity index (χ1) is 9.93. The van der Waals surface area contributed by atoms with Crippen LogP contribution in [0.25, 0.3) is 0 Å². The van der Waals surface area contributed by atoms with Gasteiger partial charge < -0.3 is 5.32 Å². The average Bonchev–Trinajstić information content (AvgIpc) is 2.39. The van der Waals surface area contributed by atoms with Gasteiger partial charge in [-0.25, -0.2) is 4.39 Å². The van der Waals surface area contributed by atoms with E-state index in [1.165, 1.54) is 11.6 Å². The highest BCUT2D eigenvalue weighted by Gasteiger charge is 2.21. The van der Waals surface area contributed by atoms with E-state index in [1.807, 2.05) is 6.92 Å². The largest absolute Gasteiger partial charge is 0.306 e. The molecule has 1 N–H and O–H groups in total. The van der Waals surface area contributed by atoms with Crippen LogP contribution in [0.2, 0.25) is 5.02 Å². The fourth-order valence-corrected chi connectivity index (χ4v) is 3.13. The smallest absolute Gasteiger partial charge is 0.128 e. The highest BCUT2D eigenvalue weighted by atomic mass is 35.5. The van der Waals surface area contributed by atoms with Crippen LogP contribution in [0.3, 0.4) is 0 Å². The second kappa shape index (κ2) is 6.59. The maximum absolute atomic E-state index is 14.3. The van der Waals surface area contributed by atoms with Crippen LogP contribution < -0.4 is 5.32 Å². The molecule has 21 heavy (non-hydrogen) atoms. The van der Waals surface area contributed by atoms with E-state index in [2.05, 4.69) is 38.2 Å². The van der Waals surface area contributed by atoms with Crippen molar-refractivity contribution in [3.05, 3.63) is 69.0 Å². The van der Waals surface area contributed by atoms with Crippen LogP contribution in [-0.2, 0) is 0 Å². The Bertz CT molecular complexity index is 629. The molecule has 0 aliphatic heterocycles. The monoisotopic (exact) mass is 305 g/mol. The summed E-state index contributed by atoms with van der Waals surface area (Å²) in [4.78, 5) is 0. The van der Waals surface area contributed by atoms with Gasteiger partial charge in [-0.2, -0.15) is 0 Å². The maximum Gasteiger partial charge on any atom is 0.128 e. The second-order valence-electron chi connectivity index (χ2n) is 5.47. The first kappa shape index (κ1) is 16.0. The van der Waals surface area contributed by atoms with E-state index in [-0.39, 0.29) is 11.9 Å². The number of hydrogen-bond donors (Lipinski definition) is 1. The van der Waals surface area contributed by atoms with Crippen molar-refractivity contribution in [2.75, 3.05) is 6.54 Å². The molecular formula is C18H21ClFN. The van der Waals surface area contributed by atoms with Gasteiger partial charge in [0, 0.05) is 10.6 Å². The normalized spacial score (nSPS) is 12.5. The summed E-state index contributed by atoms with van der Waals surface area (Å²) in [5, 5.41) is 3.94. The molecule has 0 saturated heterocycles. The Morgan fingerprint density at radius 3 is 2.29 bits per heavy atom. The lowest BCUT2D eigenvalue weighted by Gasteiger charge is -2.24. The summed E-state index contributed by atoms with van der Waals surface area (Å²) >= 11 is 6.06. The molecule has 0 aliphatic rings. The minimum Gasteiger partial charge on any atom is -0.306 e. The van der Waals surface area contributed by atoms with Crippen LogP contribution in [0.1, 0.15) is 40.8 Å². The Labute approximate surface area is 131 Å². The number of rotatable bonds is 4. The second-order valence-corrected chi connectivity index (χ2v) is 5.91. The highest BCUT2D eigenvalue weighted by molar-refractivity contribution is 6.30. The highest BCUT2D eigenvalue weighted by Crippen LogP contribution is 2.31. The SMILES string of the molecule is CCNC(c1cc(Cl)ccc1F)c1c(C)cc(C)cc1C. The van der Waals surface area contributed by atoms with E-state index < -0.39 is 0 Å². The first-order valence-corrected chi connectivity index (χ1v) is 7.58. The fraction of sp³-hybridized carbons (Fsp3) is 0.333. The van der Waals surface area contributed by atoms with Crippen LogP contribution in [0.15, 0.2) is 30.3 Å². The molecule has 2 aromatic carbocycles. The topological polar surface area (TPSA) is 12.0 Å². The van der Waals surface area contributed by atoms with Crippen molar-refractivity contribution in [1.82, 2.24) is 5.32 Å². The zero-order valence-electron chi connectivity index (χ0n) is 12.9. The minimum atomic E-state index is -0.232. The number of nitrogens with one attached hydrogen (secondary N) is 1. The predicted molar refractivity (Wildman–Crippen MR) is 87.6 cm³/mol. The van der Waals surface area contributed by atoms with Crippen molar-refractivity contribution in [2.24, 2.45) is 0 Å². The summed E-state index contributed by atoms with van der Waals surface area (Å²) in [6, 6.07) is 8.81. The van der Waals surface area contributed by atoms with Gasteiger partial charge in [0.25, 0.3) is 0 Å². The molecule has 0 saturated carbocycles. The molecule has 0 bridgehead atoms. The molecule has 0 amide bonds. The van der Waals surface area contributed by atoms with Gasteiger partial charge in [-0.15, -0.1) is 0 Å². The lowest BCUT2D eigenvalue weighted by molar-refractivity contribution is 0.556. The summed E-state index contributed by atoms with van der Waals surface area (Å²) in [5.74, 6) is -0.232. The molecule has 2 rings (SSSR count). The van der Waals surface area contributed by atoms with Gasteiger partial charge >= 0.3 is 0 Å². The lowest BCUT2D eigenvalue weighted by atomic mass is 9.89. The average molecular weight is 306 g/mol. The number of benzene rings is 2. The number of aryl methyl sites for hydroxylation is 3. The molecule has 3 heteroatoms. The van der Waals surface area contributed by atoms with Crippen LogP contribution >= 0.6 is 11.6 Å². The summed E-state index contributed by atoms with van der Waals surface area (Å²) in [6.07, 6.45) is 0. The standard InChI is InChI=1S/C18H21ClFN/c1-5-21-18(15-10-14(19)6-7-16(15)20)17-12(3)8-11(2)9-13(17)4/h6-10,18,21H,5H2,1-4H3. The third kappa shape index (κ3) is 3.45. The van der Waals surface area contributed by atoms with E-state index in [0.717, 1.165) is 23.2 Å². The maximum atomic E-state index is 14.3. The Morgan fingerprint density at radius 2 is 1.71 bits per heavy atom. The molecule has 2 aromatic rings. The Morgan fingerprint density at radius 1 is 1.10 bits per heavy atom.